The second-order valence-corrected chi connectivity index (χ2v) is 2.97. The molecule has 4 N–H and O–H groups in total. The van der Waals surface area contributed by atoms with Gasteiger partial charge in [-0.05, 0) is 19.5 Å². The second-order valence-electron chi connectivity index (χ2n) is 2.97. The highest BCUT2D eigenvalue weighted by molar-refractivity contribution is 5.81. The minimum atomic E-state index is 0.289. The number of nitrogens with one attached hydrogen (secondary N) is 1. The minimum absolute atomic E-state index is 0.289. The third kappa shape index (κ3) is 3.06. The van der Waals surface area contributed by atoms with Gasteiger partial charge in [-0.3, -0.25) is 4.90 Å². The van der Waals surface area contributed by atoms with Gasteiger partial charge >= 0.3 is 0 Å². The fourth-order valence-electron chi connectivity index (χ4n) is 1.32. The highest BCUT2D eigenvalue weighted by Crippen LogP contribution is 1.93. The van der Waals surface area contributed by atoms with E-state index in [1.165, 1.54) is 0 Å². The number of oxime groups is 1. The maximum Gasteiger partial charge on any atom is 0.153 e. The van der Waals surface area contributed by atoms with Crippen molar-refractivity contribution in [3.8, 4) is 0 Å². The summed E-state index contributed by atoms with van der Waals surface area (Å²) in [6.07, 6.45) is 1.12. The fraction of sp³-hybridized carbons (Fsp3) is 0.857. The molecule has 0 amide bonds. The Labute approximate surface area is 72.2 Å². The van der Waals surface area contributed by atoms with Crippen molar-refractivity contribution in [2.24, 2.45) is 10.9 Å². The van der Waals surface area contributed by atoms with Gasteiger partial charge in [-0.25, -0.2) is 0 Å². The first-order valence-electron chi connectivity index (χ1n) is 4.22. The van der Waals surface area contributed by atoms with Gasteiger partial charge in [0, 0.05) is 13.1 Å². The Kier molecular flexibility index (Phi) is 3.83. The van der Waals surface area contributed by atoms with Crippen molar-refractivity contribution in [3.05, 3.63) is 0 Å². The summed E-state index contributed by atoms with van der Waals surface area (Å²) in [6, 6.07) is 0. The molecular weight excluding hydrogens is 156 g/mol. The second kappa shape index (κ2) is 4.95. The molecule has 0 unspecified atom stereocenters. The Morgan fingerprint density at radius 1 is 1.50 bits per heavy atom. The van der Waals surface area contributed by atoms with Gasteiger partial charge in [-0.1, -0.05) is 5.16 Å². The van der Waals surface area contributed by atoms with Crippen LogP contribution in [0.5, 0.6) is 0 Å². The van der Waals surface area contributed by atoms with E-state index in [2.05, 4.69) is 15.4 Å². The Morgan fingerprint density at radius 2 is 2.33 bits per heavy atom. The summed E-state index contributed by atoms with van der Waals surface area (Å²) in [5.41, 5.74) is 5.39. The summed E-state index contributed by atoms with van der Waals surface area (Å²) in [5.74, 6) is 0.289. The van der Waals surface area contributed by atoms with Gasteiger partial charge in [0.2, 0.25) is 0 Å². The van der Waals surface area contributed by atoms with Crippen molar-refractivity contribution in [3.63, 3.8) is 0 Å². The quantitative estimate of drug-likeness (QED) is 0.217. The van der Waals surface area contributed by atoms with E-state index in [1.54, 1.807) is 0 Å². The average Bonchev–Trinajstić information content (AvgIpc) is 2.33. The molecule has 70 valence electrons. The van der Waals surface area contributed by atoms with Gasteiger partial charge < -0.3 is 16.3 Å². The zero-order valence-corrected chi connectivity index (χ0v) is 7.16. The maximum atomic E-state index is 8.36. The van der Waals surface area contributed by atoms with E-state index in [1.807, 2.05) is 0 Å². The van der Waals surface area contributed by atoms with Gasteiger partial charge in [-0.2, -0.15) is 0 Å². The highest BCUT2D eigenvalue weighted by Gasteiger charge is 2.09. The Hall–Kier alpha value is -0.810. The molecule has 5 heteroatoms. The summed E-state index contributed by atoms with van der Waals surface area (Å²) < 4.78 is 0. The average molecular weight is 172 g/mol. The van der Waals surface area contributed by atoms with Crippen LogP contribution >= 0.6 is 0 Å². The van der Waals surface area contributed by atoms with Crippen LogP contribution in [0.2, 0.25) is 0 Å². The molecule has 0 saturated carbocycles. The van der Waals surface area contributed by atoms with Crippen molar-refractivity contribution in [1.29, 1.82) is 0 Å². The molecule has 1 fully saturated rings. The van der Waals surface area contributed by atoms with Gasteiger partial charge in [0.05, 0.1) is 6.54 Å². The molecule has 1 heterocycles. The van der Waals surface area contributed by atoms with Crippen molar-refractivity contribution in [2.45, 2.75) is 6.42 Å². The van der Waals surface area contributed by atoms with Crippen molar-refractivity contribution in [2.75, 3.05) is 32.7 Å². The van der Waals surface area contributed by atoms with Crippen LogP contribution in [0.25, 0.3) is 0 Å². The van der Waals surface area contributed by atoms with Gasteiger partial charge in [0.25, 0.3) is 0 Å². The molecule has 0 aromatic heterocycles. The van der Waals surface area contributed by atoms with Crippen LogP contribution in [0.15, 0.2) is 5.16 Å². The fourth-order valence-corrected chi connectivity index (χ4v) is 1.32. The standard InChI is InChI=1S/C7H16N4O/c8-7(10-12)6-11-4-1-2-9-3-5-11/h9,12H,1-6H2,(H2,8,10). The predicted octanol–water partition coefficient (Wildman–Crippen LogP) is -0.972. The van der Waals surface area contributed by atoms with Crippen LogP contribution in [-0.4, -0.2) is 48.7 Å². The number of nitrogens with zero attached hydrogens (tertiary/aromatic N) is 2. The van der Waals surface area contributed by atoms with E-state index >= 15 is 0 Å². The predicted molar refractivity (Wildman–Crippen MR) is 47.3 cm³/mol. The lowest BCUT2D eigenvalue weighted by molar-refractivity contribution is 0.300. The summed E-state index contributed by atoms with van der Waals surface area (Å²) in [7, 11) is 0. The molecule has 1 saturated heterocycles. The third-order valence-electron chi connectivity index (χ3n) is 1.95. The first-order valence-corrected chi connectivity index (χ1v) is 4.22. The lowest BCUT2D eigenvalue weighted by Gasteiger charge is -2.17. The number of nitrogens with two attached hydrogens (primary N) is 1. The molecule has 5 nitrogen and oxygen atoms in total. The van der Waals surface area contributed by atoms with Crippen molar-refractivity contribution < 1.29 is 5.21 Å². The van der Waals surface area contributed by atoms with E-state index < -0.39 is 0 Å². The van der Waals surface area contributed by atoms with E-state index in [-0.39, 0.29) is 5.84 Å². The Balaban J connectivity index is 2.29. The zero-order chi connectivity index (χ0) is 8.81. The van der Waals surface area contributed by atoms with Gasteiger partial charge in [0.15, 0.2) is 5.84 Å². The van der Waals surface area contributed by atoms with E-state index in [0.29, 0.717) is 6.54 Å². The lowest BCUT2D eigenvalue weighted by atomic mass is 10.4. The molecular formula is C7H16N4O. The SMILES string of the molecule is N/C(CN1CCCNCC1)=N\O. The summed E-state index contributed by atoms with van der Waals surface area (Å²) in [6.45, 7) is 4.60. The molecule has 0 aromatic carbocycles. The summed E-state index contributed by atoms with van der Waals surface area (Å²) >= 11 is 0. The Bertz CT molecular complexity index is 151. The van der Waals surface area contributed by atoms with Crippen LogP contribution in [0.1, 0.15) is 6.42 Å². The van der Waals surface area contributed by atoms with E-state index in [4.69, 9.17) is 10.9 Å². The Morgan fingerprint density at radius 3 is 3.08 bits per heavy atom. The highest BCUT2D eigenvalue weighted by atomic mass is 16.4. The van der Waals surface area contributed by atoms with Gasteiger partial charge in [0.1, 0.15) is 0 Å². The maximum absolute atomic E-state index is 8.36. The largest absolute Gasteiger partial charge is 0.409 e. The molecule has 12 heavy (non-hydrogen) atoms. The summed E-state index contributed by atoms with van der Waals surface area (Å²) in [4.78, 5) is 2.18. The molecule has 0 radical (unpaired) electrons. The topological polar surface area (TPSA) is 73.9 Å². The first kappa shape index (κ1) is 9.28. The number of hydrogen-bond acceptors (Lipinski definition) is 4. The summed E-state index contributed by atoms with van der Waals surface area (Å²) in [5, 5.41) is 14.6. The number of rotatable bonds is 2. The molecule has 0 atom stereocenters. The van der Waals surface area contributed by atoms with Crippen molar-refractivity contribution in [1.82, 2.24) is 10.2 Å². The lowest BCUT2D eigenvalue weighted by Crippen LogP contribution is -2.36. The van der Waals surface area contributed by atoms with Crippen LogP contribution in [0, 0.1) is 0 Å². The van der Waals surface area contributed by atoms with Gasteiger partial charge in [-0.15, -0.1) is 0 Å². The molecule has 1 rings (SSSR count). The van der Waals surface area contributed by atoms with Crippen molar-refractivity contribution >= 4 is 5.84 Å². The molecule has 0 spiro atoms. The first-order chi connectivity index (χ1) is 5.83. The molecule has 0 aliphatic carbocycles. The molecule has 0 aromatic rings. The van der Waals surface area contributed by atoms with E-state index in [0.717, 1.165) is 32.6 Å². The molecule has 1 aliphatic rings. The normalized spacial score (nSPS) is 22.2. The van der Waals surface area contributed by atoms with Crippen LogP contribution in [0.4, 0.5) is 0 Å². The van der Waals surface area contributed by atoms with Crippen LogP contribution < -0.4 is 11.1 Å². The zero-order valence-electron chi connectivity index (χ0n) is 7.16. The molecule has 0 bridgehead atoms. The number of hydrogen-bond donors (Lipinski definition) is 3. The molecule has 1 aliphatic heterocycles. The monoisotopic (exact) mass is 172 g/mol. The smallest absolute Gasteiger partial charge is 0.153 e. The minimum Gasteiger partial charge on any atom is -0.409 e. The third-order valence-corrected chi connectivity index (χ3v) is 1.95. The van der Waals surface area contributed by atoms with Crippen LogP contribution in [0.3, 0.4) is 0 Å². The number of amidine groups is 1. The van der Waals surface area contributed by atoms with Crippen LogP contribution in [-0.2, 0) is 0 Å². The van der Waals surface area contributed by atoms with E-state index in [9.17, 15) is 0 Å².